The number of amides is 1. The summed E-state index contributed by atoms with van der Waals surface area (Å²) in [6.45, 7) is 3.55. The molecule has 27 heavy (non-hydrogen) atoms. The number of hydrogen-bond acceptors (Lipinski definition) is 5. The third-order valence-corrected chi connectivity index (χ3v) is 3.54. The highest BCUT2D eigenvalue weighted by molar-refractivity contribution is 5.97. The van der Waals surface area contributed by atoms with Gasteiger partial charge in [-0.05, 0) is 44.2 Å². The van der Waals surface area contributed by atoms with Crippen LogP contribution in [0.5, 0.6) is 11.5 Å². The van der Waals surface area contributed by atoms with Crippen molar-refractivity contribution in [2.75, 3.05) is 19.0 Å². The molecule has 1 amide bonds. The highest BCUT2D eigenvalue weighted by Crippen LogP contribution is 2.28. The van der Waals surface area contributed by atoms with Gasteiger partial charge in [-0.2, -0.15) is 0 Å². The van der Waals surface area contributed by atoms with Gasteiger partial charge in [0.25, 0.3) is 5.91 Å². The Kier molecular flexibility index (Phi) is 6.70. The van der Waals surface area contributed by atoms with Crippen LogP contribution in [0.4, 0.5) is 14.5 Å². The molecule has 0 radical (unpaired) electrons. The van der Waals surface area contributed by atoms with Gasteiger partial charge in [-0.15, -0.1) is 0 Å². The van der Waals surface area contributed by atoms with Crippen molar-refractivity contribution in [3.05, 3.63) is 53.6 Å². The molecule has 1 atom stereocenters. The SMILES string of the molecule is CCOc1ccc(C(=O)O[C@@H](C)C(=O)Nc2cc(F)ccc2F)cc1OC. The Balaban J connectivity index is 2.06. The number of halogens is 2. The molecule has 144 valence electrons. The number of carbonyl (C=O) groups excluding carboxylic acids is 2. The van der Waals surface area contributed by atoms with E-state index in [4.69, 9.17) is 14.2 Å². The minimum absolute atomic E-state index is 0.145. The van der Waals surface area contributed by atoms with Crippen LogP contribution in [0, 0.1) is 11.6 Å². The van der Waals surface area contributed by atoms with E-state index < -0.39 is 29.6 Å². The summed E-state index contributed by atoms with van der Waals surface area (Å²) in [5, 5.41) is 2.18. The van der Waals surface area contributed by atoms with Crippen molar-refractivity contribution in [2.45, 2.75) is 20.0 Å². The molecule has 0 saturated heterocycles. The molecule has 0 aliphatic carbocycles. The quantitative estimate of drug-likeness (QED) is 0.745. The number of hydrogen-bond donors (Lipinski definition) is 1. The second-order valence-corrected chi connectivity index (χ2v) is 5.46. The lowest BCUT2D eigenvalue weighted by molar-refractivity contribution is -0.123. The lowest BCUT2D eigenvalue weighted by Gasteiger charge is -2.15. The number of rotatable bonds is 7. The molecule has 6 nitrogen and oxygen atoms in total. The Morgan fingerprint density at radius 1 is 1.11 bits per heavy atom. The Labute approximate surface area is 155 Å². The molecule has 2 aromatic carbocycles. The van der Waals surface area contributed by atoms with Gasteiger partial charge in [0, 0.05) is 6.07 Å². The summed E-state index contributed by atoms with van der Waals surface area (Å²) >= 11 is 0. The first-order valence-electron chi connectivity index (χ1n) is 8.13. The maximum Gasteiger partial charge on any atom is 0.339 e. The van der Waals surface area contributed by atoms with E-state index in [2.05, 4.69) is 5.32 Å². The molecule has 1 N–H and O–H groups in total. The second kappa shape index (κ2) is 8.98. The fourth-order valence-corrected chi connectivity index (χ4v) is 2.18. The van der Waals surface area contributed by atoms with Crippen LogP contribution >= 0.6 is 0 Å². The zero-order valence-corrected chi connectivity index (χ0v) is 15.0. The molecule has 0 aromatic heterocycles. The van der Waals surface area contributed by atoms with Crippen molar-refractivity contribution >= 4 is 17.6 Å². The molecule has 0 saturated carbocycles. The van der Waals surface area contributed by atoms with Crippen molar-refractivity contribution in [2.24, 2.45) is 0 Å². The Morgan fingerprint density at radius 3 is 2.52 bits per heavy atom. The van der Waals surface area contributed by atoms with Gasteiger partial charge in [-0.3, -0.25) is 4.79 Å². The number of anilines is 1. The van der Waals surface area contributed by atoms with Crippen LogP contribution in [-0.2, 0) is 9.53 Å². The molecular formula is C19H19F2NO5. The number of benzene rings is 2. The van der Waals surface area contributed by atoms with Crippen molar-refractivity contribution in [3.8, 4) is 11.5 Å². The van der Waals surface area contributed by atoms with Gasteiger partial charge in [0.05, 0.1) is 25.0 Å². The fourth-order valence-electron chi connectivity index (χ4n) is 2.18. The predicted molar refractivity (Wildman–Crippen MR) is 94.0 cm³/mol. The summed E-state index contributed by atoms with van der Waals surface area (Å²) in [5.74, 6) is -2.30. The molecule has 0 unspecified atom stereocenters. The first-order valence-corrected chi connectivity index (χ1v) is 8.13. The molecule has 2 aromatic rings. The molecule has 0 heterocycles. The monoisotopic (exact) mass is 379 g/mol. The summed E-state index contributed by atoms with van der Waals surface area (Å²) in [7, 11) is 1.43. The summed E-state index contributed by atoms with van der Waals surface area (Å²) in [6.07, 6.45) is -1.24. The van der Waals surface area contributed by atoms with Crippen LogP contribution in [0.1, 0.15) is 24.2 Å². The summed E-state index contributed by atoms with van der Waals surface area (Å²) < 4.78 is 42.3. The molecule has 0 aliphatic rings. The second-order valence-electron chi connectivity index (χ2n) is 5.46. The summed E-state index contributed by atoms with van der Waals surface area (Å²) in [4.78, 5) is 24.3. The number of methoxy groups -OCH3 is 1. The lowest BCUT2D eigenvalue weighted by atomic mass is 10.2. The molecule has 0 fully saturated rings. The third kappa shape index (κ3) is 5.16. The van der Waals surface area contributed by atoms with Gasteiger partial charge >= 0.3 is 5.97 Å². The van der Waals surface area contributed by atoms with Crippen LogP contribution < -0.4 is 14.8 Å². The normalized spacial score (nSPS) is 11.4. The fraction of sp³-hybridized carbons (Fsp3) is 0.263. The minimum atomic E-state index is -1.24. The lowest BCUT2D eigenvalue weighted by Crippen LogP contribution is -2.30. The van der Waals surface area contributed by atoms with E-state index in [9.17, 15) is 18.4 Å². The van der Waals surface area contributed by atoms with E-state index in [1.807, 2.05) is 6.92 Å². The first-order chi connectivity index (χ1) is 12.8. The van der Waals surface area contributed by atoms with Gasteiger partial charge in [0.15, 0.2) is 17.6 Å². The number of carbonyl (C=O) groups is 2. The minimum Gasteiger partial charge on any atom is -0.493 e. The number of ether oxygens (including phenoxy) is 3. The highest BCUT2D eigenvalue weighted by atomic mass is 19.1. The van der Waals surface area contributed by atoms with Gasteiger partial charge in [-0.25, -0.2) is 13.6 Å². The third-order valence-electron chi connectivity index (χ3n) is 3.54. The van der Waals surface area contributed by atoms with E-state index in [-0.39, 0.29) is 11.3 Å². The average molecular weight is 379 g/mol. The first kappa shape index (κ1) is 20.2. The zero-order chi connectivity index (χ0) is 20.0. The Bertz CT molecular complexity index is 841. The van der Waals surface area contributed by atoms with Crippen LogP contribution in [0.25, 0.3) is 0 Å². The molecule has 0 aliphatic heterocycles. The number of nitrogens with one attached hydrogen (secondary N) is 1. The van der Waals surface area contributed by atoms with E-state index >= 15 is 0 Å². The number of esters is 1. The molecule has 0 bridgehead atoms. The van der Waals surface area contributed by atoms with Crippen molar-refractivity contribution in [1.29, 1.82) is 0 Å². The zero-order valence-electron chi connectivity index (χ0n) is 15.0. The highest BCUT2D eigenvalue weighted by Gasteiger charge is 2.21. The van der Waals surface area contributed by atoms with Gasteiger partial charge in [0.2, 0.25) is 0 Å². The molecule has 0 spiro atoms. The Hall–Kier alpha value is -3.16. The van der Waals surface area contributed by atoms with Crippen LogP contribution in [-0.4, -0.2) is 31.7 Å². The standard InChI is InChI=1S/C19H19F2NO5/c1-4-26-16-8-5-12(9-17(16)25-3)19(24)27-11(2)18(23)22-15-10-13(20)6-7-14(15)21/h5-11H,4H2,1-3H3,(H,22,23)/t11-/m0/s1. The van der Waals surface area contributed by atoms with Gasteiger partial charge < -0.3 is 19.5 Å². The van der Waals surface area contributed by atoms with Crippen molar-refractivity contribution in [1.82, 2.24) is 0 Å². The maximum atomic E-state index is 13.6. The van der Waals surface area contributed by atoms with Gasteiger partial charge in [0.1, 0.15) is 11.6 Å². The van der Waals surface area contributed by atoms with Crippen molar-refractivity contribution < 1.29 is 32.6 Å². The Morgan fingerprint density at radius 2 is 1.85 bits per heavy atom. The van der Waals surface area contributed by atoms with Crippen LogP contribution in [0.3, 0.4) is 0 Å². The topological polar surface area (TPSA) is 73.9 Å². The van der Waals surface area contributed by atoms with Crippen LogP contribution in [0.2, 0.25) is 0 Å². The predicted octanol–water partition coefficient (Wildman–Crippen LogP) is 3.56. The van der Waals surface area contributed by atoms with E-state index in [0.717, 1.165) is 18.2 Å². The maximum absolute atomic E-state index is 13.6. The van der Waals surface area contributed by atoms with Crippen LogP contribution in [0.15, 0.2) is 36.4 Å². The molecular weight excluding hydrogens is 360 g/mol. The average Bonchev–Trinajstić information content (AvgIpc) is 2.65. The summed E-state index contributed by atoms with van der Waals surface area (Å²) in [6, 6.07) is 7.07. The van der Waals surface area contributed by atoms with E-state index in [1.165, 1.54) is 26.2 Å². The smallest absolute Gasteiger partial charge is 0.339 e. The van der Waals surface area contributed by atoms with E-state index in [0.29, 0.717) is 18.1 Å². The molecule has 8 heteroatoms. The largest absolute Gasteiger partial charge is 0.493 e. The summed E-state index contributed by atoms with van der Waals surface area (Å²) in [5.41, 5.74) is -0.197. The van der Waals surface area contributed by atoms with Gasteiger partial charge in [-0.1, -0.05) is 0 Å². The van der Waals surface area contributed by atoms with Crippen molar-refractivity contribution in [3.63, 3.8) is 0 Å². The molecule has 2 rings (SSSR count). The van der Waals surface area contributed by atoms with E-state index in [1.54, 1.807) is 6.07 Å².